The number of hydrogen-bond donors (Lipinski definition) is 1. The monoisotopic (exact) mass is 245 g/mol. The van der Waals surface area contributed by atoms with Gasteiger partial charge in [0.05, 0.1) is 0 Å². The number of benzene rings is 1. The molecule has 0 saturated heterocycles. The first kappa shape index (κ1) is 13.6. The molecule has 0 aromatic heterocycles. The lowest BCUT2D eigenvalue weighted by Crippen LogP contribution is -2.40. The molecule has 18 heavy (non-hydrogen) atoms. The van der Waals surface area contributed by atoms with Gasteiger partial charge in [-0.3, -0.25) is 0 Å². The normalized spacial score (nSPS) is 30.1. The molecule has 0 amide bonds. The molecular formula is C17H27N. The zero-order chi connectivity index (χ0) is 13.1. The standard InChI is InChI=1S/C17H27N/c1-12-9-10-14(3)17(11-12)18-15(4)16-8-6-5-7-13(16)2/h5-8,12,14-15,17-18H,9-11H2,1-4H3/t12?,14?,15-,17?/m1/s1. The lowest BCUT2D eigenvalue weighted by atomic mass is 9.79. The first-order valence-electron chi connectivity index (χ1n) is 7.39. The molecule has 0 bridgehead atoms. The summed E-state index contributed by atoms with van der Waals surface area (Å²) in [6.45, 7) is 9.29. The minimum atomic E-state index is 0.462. The van der Waals surface area contributed by atoms with E-state index in [2.05, 4.69) is 57.3 Å². The van der Waals surface area contributed by atoms with Crippen LogP contribution in [-0.2, 0) is 0 Å². The molecule has 1 fully saturated rings. The zero-order valence-electron chi connectivity index (χ0n) is 12.2. The molecule has 1 aliphatic rings. The van der Waals surface area contributed by atoms with Gasteiger partial charge in [-0.25, -0.2) is 0 Å². The van der Waals surface area contributed by atoms with Gasteiger partial charge in [-0.05, 0) is 49.7 Å². The molecule has 2 rings (SSSR count). The molecule has 0 aliphatic heterocycles. The molecule has 0 spiro atoms. The molecule has 1 nitrogen and oxygen atoms in total. The van der Waals surface area contributed by atoms with Gasteiger partial charge in [0.1, 0.15) is 0 Å². The van der Waals surface area contributed by atoms with E-state index in [-0.39, 0.29) is 0 Å². The van der Waals surface area contributed by atoms with Crippen LogP contribution in [0.3, 0.4) is 0 Å². The van der Waals surface area contributed by atoms with Crippen molar-refractivity contribution in [1.82, 2.24) is 5.32 Å². The van der Waals surface area contributed by atoms with Crippen LogP contribution < -0.4 is 5.32 Å². The highest BCUT2D eigenvalue weighted by Gasteiger charge is 2.26. The minimum absolute atomic E-state index is 0.462. The molecule has 1 aromatic rings. The third-order valence-corrected chi connectivity index (χ3v) is 4.58. The Kier molecular flexibility index (Phi) is 4.45. The SMILES string of the molecule is Cc1ccccc1[C@@H](C)NC1CC(C)CCC1C. The van der Waals surface area contributed by atoms with Crippen molar-refractivity contribution in [3.63, 3.8) is 0 Å². The van der Waals surface area contributed by atoms with E-state index in [9.17, 15) is 0 Å². The summed E-state index contributed by atoms with van der Waals surface area (Å²) in [6.07, 6.45) is 4.11. The predicted octanol–water partition coefficient (Wildman–Crippen LogP) is 4.47. The number of rotatable bonds is 3. The van der Waals surface area contributed by atoms with Crippen LogP contribution in [0.4, 0.5) is 0 Å². The summed E-state index contributed by atoms with van der Waals surface area (Å²) in [7, 11) is 0. The molecule has 1 aliphatic carbocycles. The van der Waals surface area contributed by atoms with Crippen molar-refractivity contribution in [2.75, 3.05) is 0 Å². The highest BCUT2D eigenvalue weighted by Crippen LogP contribution is 2.30. The van der Waals surface area contributed by atoms with Gasteiger partial charge in [0.2, 0.25) is 0 Å². The van der Waals surface area contributed by atoms with Crippen molar-refractivity contribution in [2.24, 2.45) is 11.8 Å². The fourth-order valence-corrected chi connectivity index (χ4v) is 3.25. The van der Waals surface area contributed by atoms with E-state index in [0.29, 0.717) is 12.1 Å². The van der Waals surface area contributed by atoms with Gasteiger partial charge in [0.15, 0.2) is 0 Å². The molecule has 3 unspecified atom stereocenters. The molecule has 1 N–H and O–H groups in total. The van der Waals surface area contributed by atoms with E-state index in [4.69, 9.17) is 0 Å². The predicted molar refractivity (Wildman–Crippen MR) is 78.7 cm³/mol. The third-order valence-electron chi connectivity index (χ3n) is 4.58. The smallest absolute Gasteiger partial charge is 0.0297 e. The Hall–Kier alpha value is -0.820. The van der Waals surface area contributed by atoms with Crippen LogP contribution in [0.15, 0.2) is 24.3 Å². The van der Waals surface area contributed by atoms with E-state index < -0.39 is 0 Å². The first-order chi connectivity index (χ1) is 8.58. The average molecular weight is 245 g/mol. The fraction of sp³-hybridized carbons (Fsp3) is 0.647. The molecule has 1 saturated carbocycles. The topological polar surface area (TPSA) is 12.0 Å². The summed E-state index contributed by atoms with van der Waals surface area (Å²) < 4.78 is 0. The van der Waals surface area contributed by atoms with Crippen molar-refractivity contribution in [2.45, 2.75) is 59.0 Å². The van der Waals surface area contributed by atoms with Crippen molar-refractivity contribution in [3.05, 3.63) is 35.4 Å². The minimum Gasteiger partial charge on any atom is -0.307 e. The molecule has 1 heteroatoms. The molecule has 1 aromatic carbocycles. The van der Waals surface area contributed by atoms with Crippen molar-refractivity contribution < 1.29 is 0 Å². The summed E-state index contributed by atoms with van der Waals surface area (Å²) >= 11 is 0. The van der Waals surface area contributed by atoms with Gasteiger partial charge < -0.3 is 5.32 Å². The second-order valence-corrected chi connectivity index (χ2v) is 6.25. The van der Waals surface area contributed by atoms with Crippen molar-refractivity contribution in [1.29, 1.82) is 0 Å². The molecule has 4 atom stereocenters. The van der Waals surface area contributed by atoms with Gasteiger partial charge in [0.25, 0.3) is 0 Å². The van der Waals surface area contributed by atoms with E-state index in [0.717, 1.165) is 11.8 Å². The largest absolute Gasteiger partial charge is 0.307 e. The lowest BCUT2D eigenvalue weighted by Gasteiger charge is -2.35. The van der Waals surface area contributed by atoms with Crippen molar-refractivity contribution >= 4 is 0 Å². The Bertz CT molecular complexity index is 385. The average Bonchev–Trinajstić information content (AvgIpc) is 2.34. The molecule has 100 valence electrons. The van der Waals surface area contributed by atoms with Crippen LogP contribution in [0.5, 0.6) is 0 Å². The number of aryl methyl sites for hydroxylation is 1. The summed E-state index contributed by atoms with van der Waals surface area (Å²) in [4.78, 5) is 0. The fourth-order valence-electron chi connectivity index (χ4n) is 3.25. The van der Waals surface area contributed by atoms with Crippen LogP contribution in [0, 0.1) is 18.8 Å². The second-order valence-electron chi connectivity index (χ2n) is 6.25. The quantitative estimate of drug-likeness (QED) is 0.828. The van der Waals surface area contributed by atoms with E-state index in [1.807, 2.05) is 0 Å². The van der Waals surface area contributed by atoms with Crippen LogP contribution >= 0.6 is 0 Å². The number of hydrogen-bond acceptors (Lipinski definition) is 1. The Morgan fingerprint density at radius 1 is 1.17 bits per heavy atom. The Labute approximate surface area is 112 Å². The van der Waals surface area contributed by atoms with E-state index in [1.165, 1.54) is 30.4 Å². The molecular weight excluding hydrogens is 218 g/mol. The summed E-state index contributed by atoms with van der Waals surface area (Å²) in [5.41, 5.74) is 2.84. The Balaban J connectivity index is 2.02. The van der Waals surface area contributed by atoms with E-state index in [1.54, 1.807) is 0 Å². The Morgan fingerprint density at radius 2 is 1.89 bits per heavy atom. The Morgan fingerprint density at radius 3 is 2.61 bits per heavy atom. The van der Waals surface area contributed by atoms with Crippen LogP contribution in [0.1, 0.15) is 57.2 Å². The van der Waals surface area contributed by atoms with Gasteiger partial charge in [0, 0.05) is 12.1 Å². The third kappa shape index (κ3) is 3.14. The maximum Gasteiger partial charge on any atom is 0.0297 e. The van der Waals surface area contributed by atoms with E-state index >= 15 is 0 Å². The van der Waals surface area contributed by atoms with Crippen molar-refractivity contribution in [3.8, 4) is 0 Å². The first-order valence-corrected chi connectivity index (χ1v) is 7.39. The van der Waals surface area contributed by atoms with Gasteiger partial charge >= 0.3 is 0 Å². The van der Waals surface area contributed by atoms with Gasteiger partial charge in [-0.2, -0.15) is 0 Å². The van der Waals surface area contributed by atoms with Crippen LogP contribution in [-0.4, -0.2) is 6.04 Å². The van der Waals surface area contributed by atoms with Gasteiger partial charge in [-0.15, -0.1) is 0 Å². The summed E-state index contributed by atoms with van der Waals surface area (Å²) in [5.74, 6) is 1.69. The highest BCUT2D eigenvalue weighted by atomic mass is 15.0. The van der Waals surface area contributed by atoms with Crippen LogP contribution in [0.25, 0.3) is 0 Å². The number of nitrogens with one attached hydrogen (secondary N) is 1. The second kappa shape index (κ2) is 5.88. The highest BCUT2D eigenvalue weighted by molar-refractivity contribution is 5.28. The summed E-state index contributed by atoms with van der Waals surface area (Å²) in [6, 6.07) is 9.88. The molecule has 0 radical (unpaired) electrons. The molecule has 0 heterocycles. The maximum atomic E-state index is 3.86. The summed E-state index contributed by atoms with van der Waals surface area (Å²) in [5, 5.41) is 3.86. The zero-order valence-corrected chi connectivity index (χ0v) is 12.2. The van der Waals surface area contributed by atoms with Crippen LogP contribution in [0.2, 0.25) is 0 Å². The maximum absolute atomic E-state index is 3.86. The lowest BCUT2D eigenvalue weighted by molar-refractivity contribution is 0.216. The van der Waals surface area contributed by atoms with Gasteiger partial charge in [-0.1, -0.05) is 44.5 Å².